The number of hydrogen-bond donors (Lipinski definition) is 1. The Morgan fingerprint density at radius 3 is 2.84 bits per heavy atom. The first kappa shape index (κ1) is 13.9. The van der Waals surface area contributed by atoms with E-state index in [1.807, 2.05) is 12.1 Å². The van der Waals surface area contributed by atoms with Gasteiger partial charge in [-0.25, -0.2) is 0 Å². The van der Waals surface area contributed by atoms with E-state index in [0.29, 0.717) is 18.2 Å². The van der Waals surface area contributed by atoms with E-state index in [0.717, 1.165) is 22.9 Å². The molecule has 0 spiro atoms. The highest BCUT2D eigenvalue weighted by atomic mass is 32.2. The Morgan fingerprint density at radius 1 is 1.32 bits per heavy atom. The fourth-order valence-electron chi connectivity index (χ4n) is 1.63. The van der Waals surface area contributed by atoms with Gasteiger partial charge in [0.05, 0.1) is 12.2 Å². The highest BCUT2D eigenvalue weighted by Gasteiger charge is 2.09. The van der Waals surface area contributed by atoms with Crippen molar-refractivity contribution in [3.8, 4) is 5.75 Å². The highest BCUT2D eigenvalue weighted by molar-refractivity contribution is 7.98. The zero-order chi connectivity index (χ0) is 13.7. The van der Waals surface area contributed by atoms with E-state index in [4.69, 9.17) is 4.52 Å². The number of rotatable bonds is 6. The summed E-state index contributed by atoms with van der Waals surface area (Å²) in [4.78, 5) is 4.33. The Labute approximate surface area is 117 Å². The monoisotopic (exact) mass is 278 g/mol. The molecule has 1 aromatic carbocycles. The number of phenolic OH excluding ortho intramolecular Hbond substituents is 1. The zero-order valence-electron chi connectivity index (χ0n) is 11.2. The molecule has 4 nitrogen and oxygen atoms in total. The average molecular weight is 278 g/mol. The van der Waals surface area contributed by atoms with Gasteiger partial charge < -0.3 is 9.63 Å². The van der Waals surface area contributed by atoms with Crippen LogP contribution in [0.3, 0.4) is 0 Å². The maximum Gasteiger partial charge on any atom is 0.231 e. The number of benzene rings is 1. The van der Waals surface area contributed by atoms with Gasteiger partial charge in [-0.2, -0.15) is 16.7 Å². The van der Waals surface area contributed by atoms with Gasteiger partial charge in [-0.3, -0.25) is 0 Å². The molecule has 0 bridgehead atoms. The molecule has 5 heteroatoms. The number of para-hydroxylation sites is 1. The molecule has 0 amide bonds. The Balaban J connectivity index is 1.92. The van der Waals surface area contributed by atoms with E-state index in [1.165, 1.54) is 0 Å². The Kier molecular flexibility index (Phi) is 4.85. The number of nitrogens with zero attached hydrogens (tertiary/aromatic N) is 2. The number of hydrogen-bond acceptors (Lipinski definition) is 5. The summed E-state index contributed by atoms with van der Waals surface area (Å²) in [5.74, 6) is 4.04. The molecule has 0 aliphatic heterocycles. The lowest BCUT2D eigenvalue weighted by Crippen LogP contribution is -1.93. The fraction of sp³-hybridized carbons (Fsp3) is 0.429. The summed E-state index contributed by atoms with van der Waals surface area (Å²) in [6, 6.07) is 7.18. The lowest BCUT2D eigenvalue weighted by molar-refractivity contribution is 0.378. The second kappa shape index (κ2) is 6.61. The summed E-state index contributed by atoms with van der Waals surface area (Å²) in [7, 11) is 0. The standard InChI is InChI=1S/C14H18N2O2S/c1-10(2)8-19-9-13-15-14(18-16-13)7-11-5-3-4-6-12(11)17/h3-6,10,17H,7-9H2,1-2H3. The molecule has 0 aliphatic rings. The Morgan fingerprint density at radius 2 is 2.11 bits per heavy atom. The lowest BCUT2D eigenvalue weighted by atomic mass is 10.1. The maximum absolute atomic E-state index is 9.69. The third-order valence-electron chi connectivity index (χ3n) is 2.53. The second-order valence-electron chi connectivity index (χ2n) is 4.82. The number of phenols is 1. The summed E-state index contributed by atoms with van der Waals surface area (Å²) in [5.41, 5.74) is 0.799. The molecule has 2 rings (SSSR count). The Hall–Kier alpha value is -1.49. The molecule has 1 aromatic heterocycles. The van der Waals surface area contributed by atoms with Crippen LogP contribution in [0.15, 0.2) is 28.8 Å². The summed E-state index contributed by atoms with van der Waals surface area (Å²) in [6.07, 6.45) is 0.467. The van der Waals surface area contributed by atoms with Gasteiger partial charge in [0.25, 0.3) is 0 Å². The normalized spacial score (nSPS) is 11.1. The molecule has 19 heavy (non-hydrogen) atoms. The highest BCUT2D eigenvalue weighted by Crippen LogP contribution is 2.19. The van der Waals surface area contributed by atoms with Crippen LogP contribution >= 0.6 is 11.8 Å². The molecule has 1 N–H and O–H groups in total. The van der Waals surface area contributed by atoms with Crippen LogP contribution in [0.25, 0.3) is 0 Å². The Bertz CT molecular complexity index is 526. The van der Waals surface area contributed by atoms with Crippen LogP contribution in [0.2, 0.25) is 0 Å². The van der Waals surface area contributed by atoms with E-state index < -0.39 is 0 Å². The van der Waals surface area contributed by atoms with Crippen molar-refractivity contribution in [1.82, 2.24) is 10.1 Å². The number of thioether (sulfide) groups is 1. The smallest absolute Gasteiger partial charge is 0.231 e. The molecule has 1 heterocycles. The van der Waals surface area contributed by atoms with Crippen LogP contribution in [0, 0.1) is 5.92 Å². The third kappa shape index (κ3) is 4.28. The van der Waals surface area contributed by atoms with Gasteiger partial charge >= 0.3 is 0 Å². The van der Waals surface area contributed by atoms with E-state index in [1.54, 1.807) is 23.9 Å². The molecule has 0 aliphatic carbocycles. The maximum atomic E-state index is 9.69. The van der Waals surface area contributed by atoms with Gasteiger partial charge in [0.1, 0.15) is 5.75 Å². The van der Waals surface area contributed by atoms with Crippen LogP contribution in [-0.2, 0) is 12.2 Å². The molecule has 0 atom stereocenters. The molecule has 102 valence electrons. The first-order valence-electron chi connectivity index (χ1n) is 6.31. The predicted octanol–water partition coefficient (Wildman–Crippen LogP) is 3.26. The zero-order valence-corrected chi connectivity index (χ0v) is 12.0. The minimum absolute atomic E-state index is 0.261. The SMILES string of the molecule is CC(C)CSCc1noc(Cc2ccccc2O)n1. The van der Waals surface area contributed by atoms with Gasteiger partial charge in [0, 0.05) is 5.56 Å². The summed E-state index contributed by atoms with van der Waals surface area (Å²) < 4.78 is 5.20. The van der Waals surface area contributed by atoms with Crippen LogP contribution in [0.4, 0.5) is 0 Å². The van der Waals surface area contributed by atoms with Crippen LogP contribution in [-0.4, -0.2) is 21.0 Å². The van der Waals surface area contributed by atoms with Crippen LogP contribution in [0.1, 0.15) is 31.1 Å². The van der Waals surface area contributed by atoms with Gasteiger partial charge in [0.15, 0.2) is 5.82 Å². The second-order valence-corrected chi connectivity index (χ2v) is 5.85. The van der Waals surface area contributed by atoms with Crippen molar-refractivity contribution < 1.29 is 9.63 Å². The molecular weight excluding hydrogens is 260 g/mol. The summed E-state index contributed by atoms with van der Waals surface area (Å²) in [6.45, 7) is 4.37. The van der Waals surface area contributed by atoms with E-state index >= 15 is 0 Å². The van der Waals surface area contributed by atoms with Crippen molar-refractivity contribution in [2.75, 3.05) is 5.75 Å². The minimum atomic E-state index is 0.261. The minimum Gasteiger partial charge on any atom is -0.508 e. The molecule has 0 radical (unpaired) electrons. The number of aromatic nitrogens is 2. The van der Waals surface area contributed by atoms with Crippen molar-refractivity contribution in [3.05, 3.63) is 41.5 Å². The third-order valence-corrected chi connectivity index (χ3v) is 3.89. The molecule has 0 fully saturated rings. The van der Waals surface area contributed by atoms with Crippen molar-refractivity contribution in [3.63, 3.8) is 0 Å². The van der Waals surface area contributed by atoms with Gasteiger partial charge in [0.2, 0.25) is 5.89 Å². The van der Waals surface area contributed by atoms with E-state index in [9.17, 15) is 5.11 Å². The molecule has 0 unspecified atom stereocenters. The van der Waals surface area contributed by atoms with Crippen molar-refractivity contribution in [2.45, 2.75) is 26.0 Å². The quantitative estimate of drug-likeness (QED) is 0.879. The largest absolute Gasteiger partial charge is 0.508 e. The van der Waals surface area contributed by atoms with Gasteiger partial charge in [-0.15, -0.1) is 0 Å². The molecular formula is C14H18N2O2S. The molecule has 2 aromatic rings. The first-order chi connectivity index (χ1) is 9.15. The predicted molar refractivity (Wildman–Crippen MR) is 76.2 cm³/mol. The average Bonchev–Trinajstić information content (AvgIpc) is 2.79. The first-order valence-corrected chi connectivity index (χ1v) is 7.46. The van der Waals surface area contributed by atoms with Crippen LogP contribution < -0.4 is 0 Å². The molecule has 0 saturated heterocycles. The van der Waals surface area contributed by atoms with Crippen molar-refractivity contribution >= 4 is 11.8 Å². The molecule has 0 saturated carbocycles. The lowest BCUT2D eigenvalue weighted by Gasteiger charge is -2.00. The summed E-state index contributed by atoms with van der Waals surface area (Å²) >= 11 is 1.80. The van der Waals surface area contributed by atoms with E-state index in [2.05, 4.69) is 24.0 Å². The fourth-order valence-corrected chi connectivity index (χ4v) is 2.52. The van der Waals surface area contributed by atoms with Gasteiger partial charge in [-0.1, -0.05) is 37.2 Å². The van der Waals surface area contributed by atoms with E-state index in [-0.39, 0.29) is 5.75 Å². The summed E-state index contributed by atoms with van der Waals surface area (Å²) in [5, 5.41) is 13.6. The van der Waals surface area contributed by atoms with Crippen LogP contribution in [0.5, 0.6) is 5.75 Å². The number of aromatic hydroxyl groups is 1. The van der Waals surface area contributed by atoms with Gasteiger partial charge in [-0.05, 0) is 17.7 Å². The topological polar surface area (TPSA) is 59.2 Å². The van der Waals surface area contributed by atoms with Crippen molar-refractivity contribution in [1.29, 1.82) is 0 Å². The van der Waals surface area contributed by atoms with Crippen molar-refractivity contribution in [2.24, 2.45) is 5.92 Å².